The lowest BCUT2D eigenvalue weighted by Gasteiger charge is -2.14. The lowest BCUT2D eigenvalue weighted by atomic mass is 10.1. The van der Waals surface area contributed by atoms with Gasteiger partial charge in [0.2, 0.25) is 5.91 Å². The number of carbonyl (C=O) groups is 1. The van der Waals surface area contributed by atoms with Crippen LogP contribution in [-0.4, -0.2) is 35.6 Å². The van der Waals surface area contributed by atoms with Crippen molar-refractivity contribution in [3.63, 3.8) is 0 Å². The molecule has 1 fully saturated rings. The van der Waals surface area contributed by atoms with Crippen molar-refractivity contribution in [1.82, 2.24) is 4.90 Å². The van der Waals surface area contributed by atoms with E-state index in [1.165, 1.54) is 19.3 Å². The fourth-order valence-electron chi connectivity index (χ4n) is 2.06. The van der Waals surface area contributed by atoms with E-state index < -0.39 is 0 Å². The van der Waals surface area contributed by atoms with E-state index in [0.717, 1.165) is 45.2 Å². The van der Waals surface area contributed by atoms with E-state index >= 15 is 0 Å². The Morgan fingerprint density at radius 3 is 2.33 bits per heavy atom. The second-order valence-electron chi connectivity index (χ2n) is 4.33. The molecule has 0 spiro atoms. The minimum Gasteiger partial charge on any atom is -0.396 e. The van der Waals surface area contributed by atoms with Crippen LogP contribution in [0.4, 0.5) is 0 Å². The third-order valence-electron chi connectivity index (χ3n) is 3.01. The Bertz CT molecular complexity index is 182. The zero-order valence-electron chi connectivity index (χ0n) is 9.58. The first-order chi connectivity index (χ1) is 7.34. The van der Waals surface area contributed by atoms with Crippen molar-refractivity contribution in [2.24, 2.45) is 0 Å². The summed E-state index contributed by atoms with van der Waals surface area (Å²) in [5.74, 6) is 0.343. The normalized spacial score (nSPS) is 16.3. The molecule has 0 aliphatic carbocycles. The van der Waals surface area contributed by atoms with E-state index in [2.05, 4.69) is 0 Å². The van der Waals surface area contributed by atoms with Crippen LogP contribution in [-0.2, 0) is 4.79 Å². The average molecular weight is 213 g/mol. The summed E-state index contributed by atoms with van der Waals surface area (Å²) < 4.78 is 0. The number of nitrogens with zero attached hydrogens (tertiary/aromatic N) is 1. The fourth-order valence-corrected chi connectivity index (χ4v) is 2.06. The minimum atomic E-state index is 0.322. The van der Waals surface area contributed by atoms with Crippen LogP contribution in [0.1, 0.15) is 51.4 Å². The molecule has 1 heterocycles. The number of likely N-dealkylation sites (tertiary alicyclic amines) is 1. The number of hydrogen-bond acceptors (Lipinski definition) is 2. The highest BCUT2D eigenvalue weighted by Crippen LogP contribution is 2.12. The summed E-state index contributed by atoms with van der Waals surface area (Å²) in [5.41, 5.74) is 0. The molecule has 3 heteroatoms. The topological polar surface area (TPSA) is 40.5 Å². The molecule has 1 N–H and O–H groups in total. The molecule has 1 aliphatic rings. The van der Waals surface area contributed by atoms with Gasteiger partial charge >= 0.3 is 0 Å². The Morgan fingerprint density at radius 2 is 1.73 bits per heavy atom. The van der Waals surface area contributed by atoms with E-state index in [-0.39, 0.29) is 0 Å². The van der Waals surface area contributed by atoms with Crippen LogP contribution >= 0.6 is 0 Å². The van der Waals surface area contributed by atoms with Crippen molar-refractivity contribution in [3.8, 4) is 0 Å². The Kier molecular flexibility index (Phi) is 6.41. The number of aliphatic hydroxyl groups excluding tert-OH is 1. The molecular formula is C12H23NO2. The molecule has 0 aromatic carbocycles. The molecule has 1 aliphatic heterocycles. The average Bonchev–Trinajstić information content (AvgIpc) is 2.63. The molecule has 0 unspecified atom stereocenters. The molecule has 0 saturated carbocycles. The molecule has 88 valence electrons. The zero-order valence-corrected chi connectivity index (χ0v) is 9.58. The number of carbonyl (C=O) groups excluding carboxylic acids is 1. The summed E-state index contributed by atoms with van der Waals surface area (Å²) in [7, 11) is 0. The van der Waals surface area contributed by atoms with Crippen molar-refractivity contribution >= 4 is 5.91 Å². The molecule has 1 rings (SSSR count). The molecular weight excluding hydrogens is 190 g/mol. The Hall–Kier alpha value is -0.570. The van der Waals surface area contributed by atoms with Crippen LogP contribution in [0.25, 0.3) is 0 Å². The van der Waals surface area contributed by atoms with Crippen molar-refractivity contribution in [3.05, 3.63) is 0 Å². The fraction of sp³-hybridized carbons (Fsp3) is 0.917. The van der Waals surface area contributed by atoms with Gasteiger partial charge in [-0.25, -0.2) is 0 Å². The first-order valence-corrected chi connectivity index (χ1v) is 6.23. The van der Waals surface area contributed by atoms with Gasteiger partial charge in [-0.3, -0.25) is 4.79 Å². The second kappa shape index (κ2) is 7.69. The van der Waals surface area contributed by atoms with E-state index in [1.54, 1.807) is 0 Å². The van der Waals surface area contributed by atoms with Gasteiger partial charge in [-0.05, 0) is 19.3 Å². The van der Waals surface area contributed by atoms with Crippen molar-refractivity contribution in [1.29, 1.82) is 0 Å². The monoisotopic (exact) mass is 213 g/mol. The molecule has 1 amide bonds. The lowest BCUT2D eigenvalue weighted by molar-refractivity contribution is -0.127. The zero-order chi connectivity index (χ0) is 10.9. The molecule has 0 radical (unpaired) electrons. The van der Waals surface area contributed by atoms with Gasteiger partial charge < -0.3 is 10.0 Å². The quantitative estimate of drug-likeness (QED) is 0.626. The van der Waals surface area contributed by atoms with Crippen molar-refractivity contribution in [2.75, 3.05) is 19.7 Å². The molecule has 0 aromatic heterocycles. The van der Waals surface area contributed by atoms with Gasteiger partial charge in [0.15, 0.2) is 0 Å². The van der Waals surface area contributed by atoms with Crippen molar-refractivity contribution < 1.29 is 9.90 Å². The summed E-state index contributed by atoms with van der Waals surface area (Å²) in [4.78, 5) is 13.3. The van der Waals surface area contributed by atoms with Gasteiger partial charge in [0.25, 0.3) is 0 Å². The van der Waals surface area contributed by atoms with Crippen LogP contribution in [0.2, 0.25) is 0 Å². The van der Waals surface area contributed by atoms with Crippen LogP contribution < -0.4 is 0 Å². The highest BCUT2D eigenvalue weighted by atomic mass is 16.2. The molecule has 0 bridgehead atoms. The smallest absolute Gasteiger partial charge is 0.222 e. The number of hydrogen-bond donors (Lipinski definition) is 1. The second-order valence-corrected chi connectivity index (χ2v) is 4.33. The Balaban J connectivity index is 1.86. The number of amides is 1. The van der Waals surface area contributed by atoms with E-state index in [1.807, 2.05) is 4.90 Å². The van der Waals surface area contributed by atoms with Crippen LogP contribution in [0, 0.1) is 0 Å². The molecule has 15 heavy (non-hydrogen) atoms. The van der Waals surface area contributed by atoms with Gasteiger partial charge in [0, 0.05) is 26.1 Å². The minimum absolute atomic E-state index is 0.322. The molecule has 3 nitrogen and oxygen atoms in total. The number of unbranched alkanes of at least 4 members (excludes halogenated alkanes) is 5. The third kappa shape index (κ3) is 5.17. The predicted octanol–water partition coefficient (Wildman–Crippen LogP) is 1.94. The van der Waals surface area contributed by atoms with E-state index in [4.69, 9.17) is 5.11 Å². The highest BCUT2D eigenvalue weighted by molar-refractivity contribution is 5.77. The summed E-state index contributed by atoms with van der Waals surface area (Å²) in [6.07, 6.45) is 8.70. The predicted molar refractivity (Wildman–Crippen MR) is 60.6 cm³/mol. The molecule has 1 saturated heterocycles. The van der Waals surface area contributed by atoms with Crippen LogP contribution in [0.15, 0.2) is 0 Å². The van der Waals surface area contributed by atoms with E-state index in [9.17, 15) is 4.79 Å². The summed E-state index contributed by atoms with van der Waals surface area (Å²) in [6, 6.07) is 0. The number of aliphatic hydroxyl groups is 1. The Labute approximate surface area is 92.5 Å². The maximum atomic E-state index is 11.3. The van der Waals surface area contributed by atoms with Gasteiger partial charge in [-0.2, -0.15) is 0 Å². The highest BCUT2D eigenvalue weighted by Gasteiger charge is 2.18. The van der Waals surface area contributed by atoms with E-state index in [0.29, 0.717) is 12.5 Å². The number of rotatable bonds is 8. The summed E-state index contributed by atoms with van der Waals surface area (Å²) >= 11 is 0. The van der Waals surface area contributed by atoms with Crippen LogP contribution in [0.5, 0.6) is 0 Å². The van der Waals surface area contributed by atoms with Gasteiger partial charge in [0.1, 0.15) is 0 Å². The van der Waals surface area contributed by atoms with Crippen LogP contribution in [0.3, 0.4) is 0 Å². The summed E-state index contributed by atoms with van der Waals surface area (Å²) in [6.45, 7) is 2.25. The molecule has 0 atom stereocenters. The molecule has 0 aromatic rings. The summed E-state index contributed by atoms with van der Waals surface area (Å²) in [5, 5.41) is 8.60. The standard InChI is InChI=1S/C12H23NO2/c14-11-6-4-2-1-3-5-9-13-10-7-8-12(13)15/h14H,1-11H2. The Morgan fingerprint density at radius 1 is 1.07 bits per heavy atom. The largest absolute Gasteiger partial charge is 0.396 e. The first kappa shape index (κ1) is 12.5. The van der Waals surface area contributed by atoms with Gasteiger partial charge in [0.05, 0.1) is 0 Å². The van der Waals surface area contributed by atoms with Gasteiger partial charge in [-0.15, -0.1) is 0 Å². The maximum absolute atomic E-state index is 11.3. The SMILES string of the molecule is O=C1CCCN1CCCCCCCCO. The maximum Gasteiger partial charge on any atom is 0.222 e. The lowest BCUT2D eigenvalue weighted by Crippen LogP contribution is -2.25. The van der Waals surface area contributed by atoms with Gasteiger partial charge in [-0.1, -0.05) is 25.7 Å². The van der Waals surface area contributed by atoms with Crippen molar-refractivity contribution in [2.45, 2.75) is 51.4 Å². The first-order valence-electron chi connectivity index (χ1n) is 6.23. The third-order valence-corrected chi connectivity index (χ3v) is 3.01.